The van der Waals surface area contributed by atoms with Gasteiger partial charge in [0.2, 0.25) is 5.82 Å². The zero-order chi connectivity index (χ0) is 17.2. The van der Waals surface area contributed by atoms with Crippen molar-refractivity contribution in [3.8, 4) is 0 Å². The average molecular weight is 320 g/mol. The predicted molar refractivity (Wildman–Crippen MR) is 85.7 cm³/mol. The van der Waals surface area contributed by atoms with Gasteiger partial charge in [-0.15, -0.1) is 0 Å². The van der Waals surface area contributed by atoms with Crippen molar-refractivity contribution in [2.75, 3.05) is 18.8 Å². The number of carbonyl (C=O) groups excluding carboxylic acids is 1. The van der Waals surface area contributed by atoms with Crippen molar-refractivity contribution in [3.05, 3.63) is 34.0 Å². The quantitative estimate of drug-likeness (QED) is 0.662. The molecule has 2 N–H and O–H groups in total. The van der Waals surface area contributed by atoms with Crippen LogP contribution in [-0.2, 0) is 4.74 Å². The standard InChI is InChI=1S/C15H20N4O4/c1-15(2,3)23-14(20)18-6-4-10(5-7-18)11-8-12(19(21)22)13(16)17-9-11/h4,8-9H,5-7H2,1-3H3,(H2,16,17). The lowest BCUT2D eigenvalue weighted by atomic mass is 10.0. The van der Waals surface area contributed by atoms with Crippen LogP contribution >= 0.6 is 0 Å². The van der Waals surface area contributed by atoms with Crippen LogP contribution in [0.1, 0.15) is 32.8 Å². The fourth-order valence-electron chi connectivity index (χ4n) is 2.21. The first-order valence-electron chi connectivity index (χ1n) is 7.24. The number of rotatable bonds is 2. The van der Waals surface area contributed by atoms with Gasteiger partial charge in [0, 0.05) is 30.9 Å². The highest BCUT2D eigenvalue weighted by Crippen LogP contribution is 2.28. The number of carbonyl (C=O) groups is 1. The van der Waals surface area contributed by atoms with Gasteiger partial charge in [0.15, 0.2) is 0 Å². The van der Waals surface area contributed by atoms with Gasteiger partial charge in [0.1, 0.15) is 5.60 Å². The summed E-state index contributed by atoms with van der Waals surface area (Å²) < 4.78 is 5.32. The highest BCUT2D eigenvalue weighted by atomic mass is 16.6. The van der Waals surface area contributed by atoms with E-state index in [1.54, 1.807) is 4.90 Å². The molecule has 1 aliphatic heterocycles. The van der Waals surface area contributed by atoms with Crippen molar-refractivity contribution in [2.45, 2.75) is 32.8 Å². The van der Waals surface area contributed by atoms with E-state index in [0.29, 0.717) is 25.1 Å². The fraction of sp³-hybridized carbons (Fsp3) is 0.467. The van der Waals surface area contributed by atoms with E-state index < -0.39 is 10.5 Å². The second kappa shape index (κ2) is 6.23. The lowest BCUT2D eigenvalue weighted by Crippen LogP contribution is -2.39. The number of hydrogen-bond donors (Lipinski definition) is 1. The van der Waals surface area contributed by atoms with Gasteiger partial charge in [-0.2, -0.15) is 0 Å². The average Bonchev–Trinajstić information content (AvgIpc) is 2.46. The second-order valence-corrected chi connectivity index (χ2v) is 6.29. The molecule has 0 unspecified atom stereocenters. The number of hydrogen-bond acceptors (Lipinski definition) is 6. The molecule has 2 heterocycles. The molecule has 8 heteroatoms. The van der Waals surface area contributed by atoms with E-state index >= 15 is 0 Å². The molecule has 0 radical (unpaired) electrons. The number of pyridine rings is 1. The smallest absolute Gasteiger partial charge is 0.410 e. The van der Waals surface area contributed by atoms with Gasteiger partial charge in [-0.25, -0.2) is 9.78 Å². The van der Waals surface area contributed by atoms with Crippen molar-refractivity contribution >= 4 is 23.2 Å². The zero-order valence-electron chi connectivity index (χ0n) is 13.4. The first-order chi connectivity index (χ1) is 10.7. The summed E-state index contributed by atoms with van der Waals surface area (Å²) in [6.45, 7) is 6.32. The fourth-order valence-corrected chi connectivity index (χ4v) is 2.21. The number of nitrogens with two attached hydrogens (primary N) is 1. The third-order valence-corrected chi connectivity index (χ3v) is 3.33. The van der Waals surface area contributed by atoms with E-state index in [2.05, 4.69) is 4.98 Å². The maximum Gasteiger partial charge on any atom is 0.410 e. The van der Waals surface area contributed by atoms with Crippen LogP contribution in [0.25, 0.3) is 5.57 Å². The number of nitro groups is 1. The predicted octanol–water partition coefficient (Wildman–Crippen LogP) is 2.60. The van der Waals surface area contributed by atoms with Crippen LogP contribution in [0.3, 0.4) is 0 Å². The van der Waals surface area contributed by atoms with Gasteiger partial charge in [-0.3, -0.25) is 10.1 Å². The van der Waals surface area contributed by atoms with Gasteiger partial charge in [-0.05, 0) is 32.8 Å². The minimum absolute atomic E-state index is 0.106. The molecule has 0 bridgehead atoms. The number of nitrogen functional groups attached to an aromatic ring is 1. The molecular weight excluding hydrogens is 300 g/mol. The molecule has 0 aromatic carbocycles. The van der Waals surface area contributed by atoms with Crippen LogP contribution in [0, 0.1) is 10.1 Å². The van der Waals surface area contributed by atoms with E-state index in [9.17, 15) is 14.9 Å². The summed E-state index contributed by atoms with van der Waals surface area (Å²) in [7, 11) is 0. The minimum atomic E-state index is -0.553. The zero-order valence-corrected chi connectivity index (χ0v) is 13.4. The summed E-state index contributed by atoms with van der Waals surface area (Å²) in [4.78, 5) is 27.8. The van der Waals surface area contributed by atoms with E-state index in [0.717, 1.165) is 5.57 Å². The Morgan fingerprint density at radius 1 is 1.48 bits per heavy atom. The van der Waals surface area contributed by atoms with Crippen molar-refractivity contribution in [2.24, 2.45) is 0 Å². The van der Waals surface area contributed by atoms with Crippen molar-refractivity contribution in [1.29, 1.82) is 0 Å². The Morgan fingerprint density at radius 2 is 2.17 bits per heavy atom. The largest absolute Gasteiger partial charge is 0.444 e. The van der Waals surface area contributed by atoms with Crippen LogP contribution in [0.5, 0.6) is 0 Å². The number of ether oxygens (including phenoxy) is 1. The molecule has 0 saturated carbocycles. The monoisotopic (exact) mass is 320 g/mol. The molecule has 1 amide bonds. The van der Waals surface area contributed by atoms with Gasteiger partial charge in [-0.1, -0.05) is 6.08 Å². The molecule has 23 heavy (non-hydrogen) atoms. The lowest BCUT2D eigenvalue weighted by molar-refractivity contribution is -0.384. The molecule has 1 aliphatic rings. The summed E-state index contributed by atoms with van der Waals surface area (Å²) in [6.07, 6.45) is 3.57. The Balaban J connectivity index is 2.12. The SMILES string of the molecule is CC(C)(C)OC(=O)N1CC=C(c2cnc(N)c([N+](=O)[O-])c2)CC1. The van der Waals surface area contributed by atoms with Gasteiger partial charge in [0.05, 0.1) is 4.92 Å². The normalized spacial score (nSPS) is 15.1. The Hall–Kier alpha value is -2.64. The molecule has 124 valence electrons. The lowest BCUT2D eigenvalue weighted by Gasteiger charge is -2.29. The summed E-state index contributed by atoms with van der Waals surface area (Å²) in [5, 5.41) is 10.9. The van der Waals surface area contributed by atoms with E-state index in [1.807, 2.05) is 26.8 Å². The Morgan fingerprint density at radius 3 is 2.70 bits per heavy atom. The summed E-state index contributed by atoms with van der Waals surface area (Å²) >= 11 is 0. The number of amides is 1. The van der Waals surface area contributed by atoms with E-state index in [4.69, 9.17) is 10.5 Å². The molecule has 0 aliphatic carbocycles. The van der Waals surface area contributed by atoms with Crippen LogP contribution in [0.15, 0.2) is 18.3 Å². The van der Waals surface area contributed by atoms with Crippen molar-refractivity contribution < 1.29 is 14.5 Å². The maximum absolute atomic E-state index is 12.0. The van der Waals surface area contributed by atoms with E-state index in [1.165, 1.54) is 12.3 Å². The maximum atomic E-state index is 12.0. The molecule has 8 nitrogen and oxygen atoms in total. The van der Waals surface area contributed by atoms with Crippen molar-refractivity contribution in [1.82, 2.24) is 9.88 Å². The van der Waals surface area contributed by atoms with Gasteiger partial charge >= 0.3 is 11.8 Å². The minimum Gasteiger partial charge on any atom is -0.444 e. The number of anilines is 1. The molecule has 0 saturated heterocycles. The molecule has 1 aromatic heterocycles. The first-order valence-corrected chi connectivity index (χ1v) is 7.24. The van der Waals surface area contributed by atoms with Crippen LogP contribution in [-0.4, -0.2) is 39.6 Å². The number of nitrogens with zero attached hydrogens (tertiary/aromatic N) is 3. The van der Waals surface area contributed by atoms with Crippen LogP contribution in [0.2, 0.25) is 0 Å². The summed E-state index contributed by atoms with van der Waals surface area (Å²) in [5.41, 5.74) is 6.30. The molecule has 1 aromatic rings. The highest BCUT2D eigenvalue weighted by Gasteiger charge is 2.24. The first kappa shape index (κ1) is 16.7. The number of aromatic nitrogens is 1. The molecule has 0 fully saturated rings. The molecular formula is C15H20N4O4. The third-order valence-electron chi connectivity index (χ3n) is 3.33. The van der Waals surface area contributed by atoms with Gasteiger partial charge < -0.3 is 15.4 Å². The van der Waals surface area contributed by atoms with Crippen molar-refractivity contribution in [3.63, 3.8) is 0 Å². The van der Waals surface area contributed by atoms with E-state index in [-0.39, 0.29) is 17.6 Å². The summed E-state index contributed by atoms with van der Waals surface area (Å²) in [6, 6.07) is 1.41. The molecule has 0 atom stereocenters. The third kappa shape index (κ3) is 4.18. The highest BCUT2D eigenvalue weighted by molar-refractivity contribution is 5.74. The molecule has 2 rings (SSSR count). The second-order valence-electron chi connectivity index (χ2n) is 6.29. The van der Waals surface area contributed by atoms with Gasteiger partial charge in [0.25, 0.3) is 0 Å². The van der Waals surface area contributed by atoms with Crippen LogP contribution in [0.4, 0.5) is 16.3 Å². The Labute approximate surface area is 134 Å². The topological polar surface area (TPSA) is 112 Å². The Bertz CT molecular complexity index is 664. The summed E-state index contributed by atoms with van der Waals surface area (Å²) in [5.74, 6) is -0.106. The van der Waals surface area contributed by atoms with Crippen LogP contribution < -0.4 is 5.73 Å². The Kier molecular flexibility index (Phi) is 4.53. The molecule has 0 spiro atoms.